The van der Waals surface area contributed by atoms with Gasteiger partial charge in [-0.3, -0.25) is 4.57 Å². The molecule has 1 aromatic heterocycles. The molecule has 2 N–H and O–H groups in total. The fraction of sp³-hybridized carbons (Fsp3) is 0.250. The Labute approximate surface area is 113 Å². The molecule has 0 unspecified atom stereocenters. The quantitative estimate of drug-likeness (QED) is 0.890. The number of aromatic carboxylic acids is 1. The number of carbonyl (C=O) groups is 1. The van der Waals surface area contributed by atoms with Crippen molar-refractivity contribution in [2.24, 2.45) is 0 Å². The average Bonchev–Trinajstić information content (AvgIpc) is 2.72. The standard InChI is InChI=1S/C12H13N3O3S/c1-3-15-11(18)13-14-12(15)19-9-5-4-8(10(16)17)6-7(9)2/h4-6H,3H2,1-2H3,(H,13,18)(H,16,17). The van der Waals surface area contributed by atoms with Crippen molar-refractivity contribution >= 4 is 17.7 Å². The zero-order chi connectivity index (χ0) is 14.0. The van der Waals surface area contributed by atoms with Crippen molar-refractivity contribution in [2.75, 3.05) is 0 Å². The summed E-state index contributed by atoms with van der Waals surface area (Å²) in [6, 6.07) is 4.87. The summed E-state index contributed by atoms with van der Waals surface area (Å²) in [5.74, 6) is -0.954. The number of carboxylic acid groups (broad SMARTS) is 1. The second-order valence-electron chi connectivity index (χ2n) is 3.94. The first-order valence-electron chi connectivity index (χ1n) is 5.70. The molecule has 0 atom stereocenters. The van der Waals surface area contributed by atoms with Gasteiger partial charge in [-0.05, 0) is 49.4 Å². The molecule has 0 bridgehead atoms. The normalized spacial score (nSPS) is 10.6. The molecule has 0 saturated carbocycles. The van der Waals surface area contributed by atoms with E-state index in [1.165, 1.54) is 16.3 Å². The summed E-state index contributed by atoms with van der Waals surface area (Å²) in [4.78, 5) is 23.2. The largest absolute Gasteiger partial charge is 0.478 e. The maximum atomic E-state index is 11.4. The lowest BCUT2D eigenvalue weighted by molar-refractivity contribution is 0.0696. The predicted octanol–water partition coefficient (Wildman–Crippen LogP) is 1.75. The van der Waals surface area contributed by atoms with Gasteiger partial charge in [-0.1, -0.05) is 0 Å². The van der Waals surface area contributed by atoms with Gasteiger partial charge in [0.15, 0.2) is 5.16 Å². The average molecular weight is 279 g/mol. The molecule has 0 aliphatic rings. The van der Waals surface area contributed by atoms with Crippen LogP contribution in [0.4, 0.5) is 0 Å². The summed E-state index contributed by atoms with van der Waals surface area (Å²) < 4.78 is 1.52. The summed E-state index contributed by atoms with van der Waals surface area (Å²) in [7, 11) is 0. The molecule has 0 radical (unpaired) electrons. The highest BCUT2D eigenvalue weighted by Gasteiger charge is 2.11. The van der Waals surface area contributed by atoms with Crippen LogP contribution in [0.3, 0.4) is 0 Å². The number of aromatic amines is 1. The van der Waals surface area contributed by atoms with Crippen molar-refractivity contribution in [3.63, 3.8) is 0 Å². The third kappa shape index (κ3) is 2.70. The van der Waals surface area contributed by atoms with Crippen LogP contribution in [-0.2, 0) is 6.54 Å². The summed E-state index contributed by atoms with van der Waals surface area (Å²) in [5, 5.41) is 15.8. The smallest absolute Gasteiger partial charge is 0.343 e. The number of hydrogen-bond acceptors (Lipinski definition) is 4. The van der Waals surface area contributed by atoms with Gasteiger partial charge in [-0.25, -0.2) is 14.7 Å². The van der Waals surface area contributed by atoms with Crippen molar-refractivity contribution in [1.82, 2.24) is 14.8 Å². The van der Waals surface area contributed by atoms with Gasteiger partial charge in [0.25, 0.3) is 0 Å². The van der Waals surface area contributed by atoms with E-state index in [9.17, 15) is 9.59 Å². The molecule has 0 aliphatic heterocycles. The molecule has 19 heavy (non-hydrogen) atoms. The Balaban J connectivity index is 2.33. The molecule has 2 aromatic rings. The third-order valence-corrected chi connectivity index (χ3v) is 3.83. The van der Waals surface area contributed by atoms with Crippen LogP contribution in [0.1, 0.15) is 22.8 Å². The van der Waals surface area contributed by atoms with Gasteiger partial charge in [0, 0.05) is 11.4 Å². The van der Waals surface area contributed by atoms with Crippen LogP contribution in [0.5, 0.6) is 0 Å². The second kappa shape index (κ2) is 5.31. The Bertz CT molecular complexity index is 675. The Morgan fingerprint density at radius 3 is 2.84 bits per heavy atom. The first-order valence-corrected chi connectivity index (χ1v) is 6.51. The Morgan fingerprint density at radius 2 is 2.26 bits per heavy atom. The molecule has 100 valence electrons. The lowest BCUT2D eigenvalue weighted by atomic mass is 10.1. The van der Waals surface area contributed by atoms with Crippen LogP contribution < -0.4 is 5.69 Å². The third-order valence-electron chi connectivity index (χ3n) is 2.66. The molecule has 1 heterocycles. The van der Waals surface area contributed by atoms with E-state index in [1.54, 1.807) is 18.2 Å². The number of nitrogens with one attached hydrogen (secondary N) is 1. The fourth-order valence-electron chi connectivity index (χ4n) is 1.66. The Morgan fingerprint density at radius 1 is 1.53 bits per heavy atom. The molecule has 7 heteroatoms. The van der Waals surface area contributed by atoms with Gasteiger partial charge in [0.2, 0.25) is 0 Å². The minimum Gasteiger partial charge on any atom is -0.478 e. The number of carboxylic acids is 1. The van der Waals surface area contributed by atoms with Gasteiger partial charge in [0.05, 0.1) is 5.56 Å². The van der Waals surface area contributed by atoms with Gasteiger partial charge >= 0.3 is 11.7 Å². The molecule has 0 aliphatic carbocycles. The minimum atomic E-state index is -0.954. The van der Waals surface area contributed by atoms with E-state index in [0.717, 1.165) is 10.5 Å². The SMILES string of the molecule is CCn1c(Sc2ccc(C(=O)O)cc2C)n[nH]c1=O. The molecule has 2 rings (SSSR count). The second-order valence-corrected chi connectivity index (χ2v) is 4.95. The summed E-state index contributed by atoms with van der Waals surface area (Å²) in [6.07, 6.45) is 0. The van der Waals surface area contributed by atoms with E-state index in [1.807, 2.05) is 13.8 Å². The number of H-pyrrole nitrogens is 1. The van der Waals surface area contributed by atoms with Crippen molar-refractivity contribution in [3.05, 3.63) is 39.8 Å². The maximum Gasteiger partial charge on any atom is 0.343 e. The van der Waals surface area contributed by atoms with E-state index in [4.69, 9.17) is 5.11 Å². The van der Waals surface area contributed by atoms with Crippen molar-refractivity contribution in [3.8, 4) is 0 Å². The number of aromatic nitrogens is 3. The zero-order valence-corrected chi connectivity index (χ0v) is 11.3. The highest BCUT2D eigenvalue weighted by Crippen LogP contribution is 2.28. The van der Waals surface area contributed by atoms with Crippen LogP contribution in [0.15, 0.2) is 33.0 Å². The molecule has 6 nitrogen and oxygen atoms in total. The fourth-order valence-corrected chi connectivity index (χ4v) is 2.62. The maximum absolute atomic E-state index is 11.4. The molecule has 0 spiro atoms. The Hall–Kier alpha value is -2.02. The van der Waals surface area contributed by atoms with Gasteiger partial charge in [-0.2, -0.15) is 0 Å². The van der Waals surface area contributed by atoms with Gasteiger partial charge in [-0.15, -0.1) is 5.10 Å². The van der Waals surface area contributed by atoms with E-state index >= 15 is 0 Å². The van der Waals surface area contributed by atoms with Crippen molar-refractivity contribution in [2.45, 2.75) is 30.4 Å². The highest BCUT2D eigenvalue weighted by atomic mass is 32.2. The minimum absolute atomic E-state index is 0.246. The molecule has 0 amide bonds. The molecular formula is C12H13N3O3S. The molecular weight excluding hydrogens is 266 g/mol. The van der Waals surface area contributed by atoms with Gasteiger partial charge in [0.1, 0.15) is 0 Å². The van der Waals surface area contributed by atoms with Crippen molar-refractivity contribution in [1.29, 1.82) is 0 Å². The number of aryl methyl sites for hydroxylation is 1. The van der Waals surface area contributed by atoms with E-state index in [2.05, 4.69) is 10.2 Å². The van der Waals surface area contributed by atoms with E-state index < -0.39 is 5.97 Å². The van der Waals surface area contributed by atoms with E-state index in [-0.39, 0.29) is 11.3 Å². The first kappa shape index (κ1) is 13.4. The van der Waals surface area contributed by atoms with Crippen LogP contribution in [0, 0.1) is 6.92 Å². The molecule has 0 fully saturated rings. The van der Waals surface area contributed by atoms with Crippen LogP contribution >= 0.6 is 11.8 Å². The van der Waals surface area contributed by atoms with Crippen LogP contribution in [-0.4, -0.2) is 25.8 Å². The molecule has 0 saturated heterocycles. The summed E-state index contributed by atoms with van der Waals surface area (Å²) in [5.41, 5.74) is 0.838. The first-order chi connectivity index (χ1) is 9.02. The monoisotopic (exact) mass is 279 g/mol. The van der Waals surface area contributed by atoms with E-state index in [0.29, 0.717) is 11.7 Å². The number of hydrogen-bond donors (Lipinski definition) is 2. The lowest BCUT2D eigenvalue weighted by Gasteiger charge is -2.06. The summed E-state index contributed by atoms with van der Waals surface area (Å²) in [6.45, 7) is 4.22. The predicted molar refractivity (Wildman–Crippen MR) is 70.8 cm³/mol. The van der Waals surface area contributed by atoms with Crippen LogP contribution in [0.2, 0.25) is 0 Å². The number of benzene rings is 1. The van der Waals surface area contributed by atoms with Gasteiger partial charge < -0.3 is 5.11 Å². The zero-order valence-electron chi connectivity index (χ0n) is 10.5. The lowest BCUT2D eigenvalue weighted by Crippen LogP contribution is -2.16. The number of nitrogens with zero attached hydrogens (tertiary/aromatic N) is 2. The highest BCUT2D eigenvalue weighted by molar-refractivity contribution is 7.99. The Kier molecular flexibility index (Phi) is 3.75. The summed E-state index contributed by atoms with van der Waals surface area (Å²) >= 11 is 1.33. The topological polar surface area (TPSA) is 88.0 Å². The van der Waals surface area contributed by atoms with Crippen LogP contribution in [0.25, 0.3) is 0 Å². The molecule has 1 aromatic carbocycles. The number of rotatable bonds is 4. The van der Waals surface area contributed by atoms with Crippen molar-refractivity contribution < 1.29 is 9.90 Å².